The Kier molecular flexibility index (Phi) is 5.65. The lowest BCUT2D eigenvalue weighted by Gasteiger charge is -2.36. The number of nitrogens with zero attached hydrogens (tertiary/aromatic N) is 4. The van der Waals surface area contributed by atoms with Crippen LogP contribution in [-0.4, -0.2) is 43.6 Å². The molecule has 3 heterocycles. The first-order chi connectivity index (χ1) is 14.7. The summed E-state index contributed by atoms with van der Waals surface area (Å²) in [5.41, 5.74) is 5.08. The Hall–Kier alpha value is -2.66. The molecule has 1 fully saturated rings. The van der Waals surface area contributed by atoms with Crippen molar-refractivity contribution in [2.45, 2.75) is 38.4 Å². The molecule has 1 aromatic carbocycles. The van der Waals surface area contributed by atoms with Gasteiger partial charge in [-0.25, -0.2) is 4.98 Å². The number of hydrogen-bond acceptors (Lipinski definition) is 6. The molecule has 0 saturated carbocycles. The fourth-order valence-corrected chi connectivity index (χ4v) is 5.11. The van der Waals surface area contributed by atoms with Gasteiger partial charge in [0.1, 0.15) is 0 Å². The number of benzene rings is 1. The van der Waals surface area contributed by atoms with E-state index in [9.17, 15) is 23.1 Å². The van der Waals surface area contributed by atoms with Crippen LogP contribution in [0.15, 0.2) is 24.3 Å². The van der Waals surface area contributed by atoms with Gasteiger partial charge in [0.15, 0.2) is 5.82 Å². The molecule has 166 valence electrons. The topological polar surface area (TPSA) is 96.8 Å². The van der Waals surface area contributed by atoms with E-state index in [0.717, 1.165) is 12.1 Å². The zero-order valence-electron chi connectivity index (χ0n) is 16.8. The standard InChI is InChI=1S/C20H22F3N5O2S/c1-2-14-25-19-28(26-14)18(30)16(31-19)15(27-8-6-11(7-9-27)17(24)29)12-4-3-5-13(10-12)20(21,22)23/h3-5,10-11,15,30H,2,6-9H2,1H3,(H2,24,29). The molecule has 11 heteroatoms. The molecule has 1 saturated heterocycles. The second-order valence-corrected chi connectivity index (χ2v) is 8.61. The number of alkyl halides is 3. The van der Waals surface area contributed by atoms with Crippen molar-refractivity contribution in [1.29, 1.82) is 0 Å². The van der Waals surface area contributed by atoms with E-state index >= 15 is 0 Å². The number of halogens is 3. The summed E-state index contributed by atoms with van der Waals surface area (Å²) in [5.74, 6) is -0.192. The lowest BCUT2D eigenvalue weighted by atomic mass is 9.93. The van der Waals surface area contributed by atoms with Crippen LogP contribution in [0.3, 0.4) is 0 Å². The van der Waals surface area contributed by atoms with Gasteiger partial charge in [0, 0.05) is 12.3 Å². The monoisotopic (exact) mass is 453 g/mol. The first kappa shape index (κ1) is 21.6. The summed E-state index contributed by atoms with van der Waals surface area (Å²) >= 11 is 1.20. The largest absolute Gasteiger partial charge is 0.492 e. The molecule has 1 aliphatic rings. The summed E-state index contributed by atoms with van der Waals surface area (Å²) in [7, 11) is 0. The predicted molar refractivity (Wildman–Crippen MR) is 109 cm³/mol. The molecule has 3 N–H and O–H groups in total. The summed E-state index contributed by atoms with van der Waals surface area (Å²) in [6.07, 6.45) is -2.87. The van der Waals surface area contributed by atoms with Crippen molar-refractivity contribution >= 4 is 22.2 Å². The molecule has 1 aliphatic heterocycles. The van der Waals surface area contributed by atoms with E-state index < -0.39 is 17.8 Å². The van der Waals surface area contributed by atoms with Crippen molar-refractivity contribution in [3.05, 3.63) is 46.1 Å². The molecule has 3 aromatic rings. The number of fused-ring (bicyclic) bond motifs is 1. The maximum absolute atomic E-state index is 13.4. The van der Waals surface area contributed by atoms with Crippen molar-refractivity contribution in [2.75, 3.05) is 13.1 Å². The van der Waals surface area contributed by atoms with Crippen molar-refractivity contribution in [2.24, 2.45) is 11.7 Å². The van der Waals surface area contributed by atoms with E-state index in [1.165, 1.54) is 21.9 Å². The molecule has 4 rings (SSSR count). The molecular formula is C20H22F3N5O2S. The Balaban J connectivity index is 1.78. The second kappa shape index (κ2) is 8.12. The molecule has 1 unspecified atom stereocenters. The highest BCUT2D eigenvalue weighted by molar-refractivity contribution is 7.17. The minimum absolute atomic E-state index is 0.133. The Labute approximate surface area is 180 Å². The third kappa shape index (κ3) is 4.11. The first-order valence-electron chi connectivity index (χ1n) is 9.96. The van der Waals surface area contributed by atoms with Gasteiger partial charge in [-0.15, -0.1) is 5.10 Å². The fourth-order valence-electron chi connectivity index (χ4n) is 3.97. The van der Waals surface area contributed by atoms with E-state index in [1.807, 2.05) is 11.8 Å². The summed E-state index contributed by atoms with van der Waals surface area (Å²) in [6, 6.07) is 4.49. The molecule has 0 bridgehead atoms. The number of nitrogens with two attached hydrogens (primary N) is 1. The fraction of sp³-hybridized carbons (Fsp3) is 0.450. The number of aryl methyl sites for hydroxylation is 1. The number of piperidine rings is 1. The van der Waals surface area contributed by atoms with Gasteiger partial charge in [0.05, 0.1) is 16.5 Å². The summed E-state index contributed by atoms with van der Waals surface area (Å²) in [4.78, 5) is 18.8. The molecule has 7 nitrogen and oxygen atoms in total. The van der Waals surface area contributed by atoms with Gasteiger partial charge in [0.2, 0.25) is 16.7 Å². The molecule has 1 amide bonds. The van der Waals surface area contributed by atoms with E-state index in [1.54, 1.807) is 6.07 Å². The Morgan fingerprint density at radius 3 is 2.65 bits per heavy atom. The number of aromatic hydroxyl groups is 1. The molecule has 31 heavy (non-hydrogen) atoms. The lowest BCUT2D eigenvalue weighted by molar-refractivity contribution is -0.137. The highest BCUT2D eigenvalue weighted by Crippen LogP contribution is 2.42. The van der Waals surface area contributed by atoms with Crippen LogP contribution in [-0.2, 0) is 17.4 Å². The molecule has 0 radical (unpaired) electrons. The number of primary amides is 1. The van der Waals surface area contributed by atoms with Crippen LogP contribution in [0.4, 0.5) is 13.2 Å². The van der Waals surface area contributed by atoms with Gasteiger partial charge in [-0.1, -0.05) is 30.4 Å². The Morgan fingerprint density at radius 1 is 1.35 bits per heavy atom. The average Bonchev–Trinajstić information content (AvgIpc) is 3.27. The van der Waals surface area contributed by atoms with Crippen molar-refractivity contribution in [3.8, 4) is 5.88 Å². The zero-order valence-corrected chi connectivity index (χ0v) is 17.6. The summed E-state index contributed by atoms with van der Waals surface area (Å²) < 4.78 is 41.4. The smallest absolute Gasteiger partial charge is 0.416 e. The van der Waals surface area contributed by atoms with E-state index in [0.29, 0.717) is 53.6 Å². The number of amides is 1. The van der Waals surface area contributed by atoms with Gasteiger partial charge in [-0.05, 0) is 43.6 Å². The quantitative estimate of drug-likeness (QED) is 0.618. The number of thiazole rings is 1. The number of carbonyl (C=O) groups excluding carboxylic acids is 1. The van der Waals surface area contributed by atoms with Crippen LogP contribution in [0.1, 0.15) is 47.6 Å². The van der Waals surface area contributed by atoms with E-state index in [2.05, 4.69) is 10.1 Å². The van der Waals surface area contributed by atoms with Gasteiger partial charge < -0.3 is 10.8 Å². The van der Waals surface area contributed by atoms with Gasteiger partial charge in [0.25, 0.3) is 0 Å². The van der Waals surface area contributed by atoms with Crippen molar-refractivity contribution in [1.82, 2.24) is 19.5 Å². The van der Waals surface area contributed by atoms with Crippen LogP contribution in [0.5, 0.6) is 5.88 Å². The SMILES string of the molecule is CCc1nc2sc(C(c3cccc(C(F)(F)F)c3)N3CCC(C(N)=O)CC3)c(O)n2n1. The van der Waals surface area contributed by atoms with Crippen molar-refractivity contribution < 1.29 is 23.1 Å². The Bertz CT molecular complexity index is 1100. The molecule has 2 aromatic heterocycles. The van der Waals surface area contributed by atoms with E-state index in [-0.39, 0.29) is 17.7 Å². The van der Waals surface area contributed by atoms with Crippen LogP contribution in [0.25, 0.3) is 4.96 Å². The maximum atomic E-state index is 13.4. The highest BCUT2D eigenvalue weighted by Gasteiger charge is 2.36. The maximum Gasteiger partial charge on any atom is 0.416 e. The van der Waals surface area contributed by atoms with Crippen LogP contribution >= 0.6 is 11.3 Å². The third-order valence-corrected chi connectivity index (χ3v) is 6.71. The number of likely N-dealkylation sites (tertiary alicyclic amines) is 1. The minimum atomic E-state index is -4.48. The van der Waals surface area contributed by atoms with Gasteiger partial charge in [-0.3, -0.25) is 9.69 Å². The van der Waals surface area contributed by atoms with Crippen LogP contribution < -0.4 is 5.73 Å². The average molecular weight is 453 g/mol. The number of carbonyl (C=O) groups is 1. The number of hydrogen-bond donors (Lipinski definition) is 2. The second-order valence-electron chi connectivity index (χ2n) is 7.60. The minimum Gasteiger partial charge on any atom is -0.492 e. The number of rotatable bonds is 5. The normalized spacial score (nSPS) is 17.3. The van der Waals surface area contributed by atoms with E-state index in [4.69, 9.17) is 5.73 Å². The van der Waals surface area contributed by atoms with Crippen LogP contribution in [0.2, 0.25) is 0 Å². The molecule has 1 atom stereocenters. The summed E-state index contributed by atoms with van der Waals surface area (Å²) in [6.45, 7) is 2.81. The summed E-state index contributed by atoms with van der Waals surface area (Å²) in [5, 5.41) is 15.1. The van der Waals surface area contributed by atoms with Gasteiger partial charge in [-0.2, -0.15) is 17.7 Å². The zero-order chi connectivity index (χ0) is 22.3. The Morgan fingerprint density at radius 2 is 2.06 bits per heavy atom. The first-order valence-corrected chi connectivity index (χ1v) is 10.8. The van der Waals surface area contributed by atoms with Crippen LogP contribution in [0, 0.1) is 5.92 Å². The number of aromatic nitrogens is 3. The molecule has 0 aliphatic carbocycles. The molecule has 0 spiro atoms. The highest BCUT2D eigenvalue weighted by atomic mass is 32.1. The van der Waals surface area contributed by atoms with Crippen molar-refractivity contribution in [3.63, 3.8) is 0 Å². The van der Waals surface area contributed by atoms with Gasteiger partial charge >= 0.3 is 6.18 Å². The molecular weight excluding hydrogens is 431 g/mol. The predicted octanol–water partition coefficient (Wildman–Crippen LogP) is 3.36. The third-order valence-electron chi connectivity index (χ3n) is 5.63. The lowest BCUT2D eigenvalue weighted by Crippen LogP contribution is -2.40.